The molecule has 35 heavy (non-hydrogen) atoms. The zero-order valence-electron chi connectivity index (χ0n) is 20.4. The van der Waals surface area contributed by atoms with Crippen molar-refractivity contribution in [2.75, 3.05) is 73.0 Å². The van der Waals surface area contributed by atoms with E-state index in [2.05, 4.69) is 55.1 Å². The van der Waals surface area contributed by atoms with Crippen LogP contribution in [-0.2, 0) is 28.8 Å². The van der Waals surface area contributed by atoms with E-state index in [-0.39, 0.29) is 31.4 Å². The Morgan fingerprint density at radius 3 is 1.46 bits per heavy atom. The number of carbonyl (C=O) groups excluding carboxylic acids is 4. The molecule has 1 aromatic rings. The molecule has 0 bridgehead atoms. The van der Waals surface area contributed by atoms with E-state index in [9.17, 15) is 19.8 Å². The van der Waals surface area contributed by atoms with Crippen LogP contribution in [0, 0.1) is 6.92 Å². The van der Waals surface area contributed by atoms with Crippen molar-refractivity contribution in [3.63, 3.8) is 0 Å². The molecule has 12 nitrogen and oxygen atoms in total. The third-order valence-corrected chi connectivity index (χ3v) is 5.43. The van der Waals surface area contributed by atoms with Gasteiger partial charge in [-0.05, 0) is 26.6 Å². The molecule has 1 aliphatic heterocycles. The Bertz CT molecular complexity index is 794. The Labute approximate surface area is 204 Å². The highest BCUT2D eigenvalue weighted by atomic mass is 16.4. The molecule has 1 saturated heterocycles. The lowest BCUT2D eigenvalue weighted by Crippen LogP contribution is -2.42. The fourth-order valence-corrected chi connectivity index (χ4v) is 3.67. The molecule has 1 atom stereocenters. The van der Waals surface area contributed by atoms with Crippen LogP contribution in [0.25, 0.3) is 0 Å². The van der Waals surface area contributed by atoms with E-state index < -0.39 is 11.9 Å². The summed E-state index contributed by atoms with van der Waals surface area (Å²) >= 11 is 0. The Kier molecular flexibility index (Phi) is 16.5. The first-order valence-corrected chi connectivity index (χ1v) is 10.9. The van der Waals surface area contributed by atoms with E-state index in [1.807, 2.05) is 9.80 Å². The van der Waals surface area contributed by atoms with Crippen molar-refractivity contribution in [1.29, 1.82) is 0 Å². The highest BCUT2D eigenvalue weighted by Gasteiger charge is 2.23. The van der Waals surface area contributed by atoms with Crippen LogP contribution < -0.4 is 0 Å². The topological polar surface area (TPSA) is 156 Å². The molecule has 0 radical (unpaired) electrons. The number of likely N-dealkylation sites (N-methyl/N-ethyl adjacent to an activating group) is 1. The largest absolute Gasteiger partial charge is 0.480 e. The zero-order valence-corrected chi connectivity index (χ0v) is 20.4. The van der Waals surface area contributed by atoms with Crippen LogP contribution in [0.5, 0.6) is 0 Å². The normalized spacial score (nSPS) is 16.0. The van der Waals surface area contributed by atoms with E-state index in [1.165, 1.54) is 11.1 Å². The predicted molar refractivity (Wildman–Crippen MR) is 122 cm³/mol. The van der Waals surface area contributed by atoms with Gasteiger partial charge >= 0.3 is 24.2 Å². The van der Waals surface area contributed by atoms with Gasteiger partial charge < -0.3 is 15.1 Å². The summed E-state index contributed by atoms with van der Waals surface area (Å²) < 4.78 is 0. The van der Waals surface area contributed by atoms with Gasteiger partial charge in [0.15, 0.2) is 0 Å². The molecule has 1 aromatic carbocycles. The third-order valence-electron chi connectivity index (χ3n) is 5.43. The first-order chi connectivity index (χ1) is 16.6. The van der Waals surface area contributed by atoms with E-state index in [4.69, 9.17) is 19.2 Å². The minimum absolute atomic E-state index is 0.0240. The number of carbonyl (C=O) groups is 2. The standard InChI is InChI=1S/C21H34N4O4.2CO2/c1-17-4-6-18(7-5-17)19(22(2)3)14-23-8-10-24(15-20(26)27)12-13-25(11-9-23)16-21(28)29;2*2-1-3/h4-7,19H,8-16H2,1-3H3,(H,26,27)(H,28,29);;. The van der Waals surface area contributed by atoms with Crippen molar-refractivity contribution in [2.24, 2.45) is 0 Å². The van der Waals surface area contributed by atoms with Crippen molar-refractivity contribution in [2.45, 2.75) is 13.0 Å². The maximum Gasteiger partial charge on any atom is 0.373 e. The van der Waals surface area contributed by atoms with Gasteiger partial charge in [0.1, 0.15) is 0 Å². The smallest absolute Gasteiger partial charge is 0.373 e. The number of benzene rings is 1. The quantitative estimate of drug-likeness (QED) is 0.479. The summed E-state index contributed by atoms with van der Waals surface area (Å²) in [6.45, 7) is 6.76. The highest BCUT2D eigenvalue weighted by molar-refractivity contribution is 5.69. The summed E-state index contributed by atoms with van der Waals surface area (Å²) in [7, 11) is 4.13. The number of hydrogen-bond donors (Lipinski definition) is 2. The lowest BCUT2D eigenvalue weighted by molar-refractivity contribution is -0.193. The lowest BCUT2D eigenvalue weighted by Gasteiger charge is -2.32. The van der Waals surface area contributed by atoms with Crippen molar-refractivity contribution >= 4 is 24.2 Å². The molecular formula is C23H34N4O8. The van der Waals surface area contributed by atoms with Crippen molar-refractivity contribution < 1.29 is 39.0 Å². The summed E-state index contributed by atoms with van der Waals surface area (Å²) in [5, 5.41) is 18.4. The predicted octanol–water partition coefficient (Wildman–Crippen LogP) is -0.480. The van der Waals surface area contributed by atoms with Crippen LogP contribution in [0.15, 0.2) is 24.3 Å². The molecule has 1 heterocycles. The molecular weight excluding hydrogens is 460 g/mol. The Morgan fingerprint density at radius 1 is 0.800 bits per heavy atom. The second-order valence-electron chi connectivity index (χ2n) is 8.20. The van der Waals surface area contributed by atoms with Crippen LogP contribution in [0.2, 0.25) is 0 Å². The van der Waals surface area contributed by atoms with Crippen molar-refractivity contribution in [3.05, 3.63) is 35.4 Å². The monoisotopic (exact) mass is 494 g/mol. The first-order valence-electron chi connectivity index (χ1n) is 10.9. The molecule has 12 heteroatoms. The van der Waals surface area contributed by atoms with Crippen LogP contribution in [0.1, 0.15) is 17.2 Å². The van der Waals surface area contributed by atoms with Gasteiger partial charge in [0.2, 0.25) is 0 Å². The summed E-state index contributed by atoms with van der Waals surface area (Å²) in [4.78, 5) is 63.2. The summed E-state index contributed by atoms with van der Waals surface area (Å²) in [6.07, 6.45) is 0.500. The van der Waals surface area contributed by atoms with E-state index >= 15 is 0 Å². The molecule has 2 N–H and O–H groups in total. The Balaban J connectivity index is 0.00000174. The summed E-state index contributed by atoms with van der Waals surface area (Å²) in [6, 6.07) is 8.76. The van der Waals surface area contributed by atoms with Gasteiger partial charge in [0.25, 0.3) is 0 Å². The molecule has 0 amide bonds. The molecule has 1 aliphatic rings. The Morgan fingerprint density at radius 2 is 1.14 bits per heavy atom. The third kappa shape index (κ3) is 14.6. The van der Waals surface area contributed by atoms with Gasteiger partial charge in [-0.2, -0.15) is 19.2 Å². The number of aliphatic carboxylic acids is 2. The molecule has 1 fully saturated rings. The zero-order chi connectivity index (χ0) is 26.8. The number of rotatable bonds is 8. The highest BCUT2D eigenvalue weighted by Crippen LogP contribution is 2.20. The maximum atomic E-state index is 11.2. The minimum atomic E-state index is -0.855. The molecule has 0 spiro atoms. The maximum absolute atomic E-state index is 11.2. The van der Waals surface area contributed by atoms with Crippen molar-refractivity contribution in [3.8, 4) is 0 Å². The fraction of sp³-hybridized carbons (Fsp3) is 0.565. The number of aryl methyl sites for hydroxylation is 1. The summed E-state index contributed by atoms with van der Waals surface area (Å²) in [5.41, 5.74) is 2.47. The average molecular weight is 495 g/mol. The first kappa shape index (κ1) is 31.8. The molecule has 1 unspecified atom stereocenters. The van der Waals surface area contributed by atoms with Gasteiger partial charge in [-0.1, -0.05) is 29.8 Å². The molecule has 2 rings (SSSR count). The number of hydrogen-bond acceptors (Lipinski definition) is 10. The molecule has 0 aliphatic carbocycles. The van der Waals surface area contributed by atoms with E-state index in [1.54, 1.807) is 0 Å². The number of nitrogens with zero attached hydrogens (tertiary/aromatic N) is 4. The van der Waals surface area contributed by atoms with Gasteiger partial charge in [-0.25, -0.2) is 0 Å². The lowest BCUT2D eigenvalue weighted by atomic mass is 10.0. The van der Waals surface area contributed by atoms with E-state index in [0.717, 1.165) is 19.6 Å². The van der Waals surface area contributed by atoms with Crippen LogP contribution in [0.3, 0.4) is 0 Å². The molecule has 0 saturated carbocycles. The van der Waals surface area contributed by atoms with Gasteiger partial charge in [0.05, 0.1) is 13.1 Å². The number of carboxylic acids is 2. The SMILES string of the molecule is Cc1ccc(C(CN2CCN(CC(=O)O)CCN(CC(=O)O)CC2)N(C)C)cc1.O=C=O.O=C=O. The van der Waals surface area contributed by atoms with Crippen LogP contribution >= 0.6 is 0 Å². The minimum Gasteiger partial charge on any atom is -0.480 e. The van der Waals surface area contributed by atoms with Crippen LogP contribution in [0.4, 0.5) is 0 Å². The average Bonchev–Trinajstić information content (AvgIpc) is 2.85. The summed E-state index contributed by atoms with van der Waals surface area (Å²) in [5.74, 6) is -1.71. The number of carboxylic acid groups (broad SMARTS) is 2. The van der Waals surface area contributed by atoms with E-state index in [0.29, 0.717) is 26.2 Å². The van der Waals surface area contributed by atoms with Crippen molar-refractivity contribution in [1.82, 2.24) is 19.6 Å². The Hall–Kier alpha value is -3.24. The molecule has 0 aromatic heterocycles. The second kappa shape index (κ2) is 18.1. The van der Waals surface area contributed by atoms with Gasteiger partial charge in [-0.3, -0.25) is 24.3 Å². The fourth-order valence-electron chi connectivity index (χ4n) is 3.67. The van der Waals surface area contributed by atoms with Gasteiger partial charge in [-0.15, -0.1) is 0 Å². The van der Waals surface area contributed by atoms with Gasteiger partial charge in [0, 0.05) is 51.9 Å². The second-order valence-corrected chi connectivity index (χ2v) is 8.20. The molecule has 194 valence electrons. The van der Waals surface area contributed by atoms with Crippen LogP contribution in [-0.4, -0.2) is 127 Å².